The van der Waals surface area contributed by atoms with E-state index in [0.29, 0.717) is 16.9 Å². The lowest BCUT2D eigenvalue weighted by molar-refractivity contribution is 0.402. The molecule has 0 saturated carbocycles. The Bertz CT molecular complexity index is 3100. The molecular formula is C50H35FN4OSi. The number of aromatic nitrogens is 4. The Balaban J connectivity index is 1.29. The quantitative estimate of drug-likeness (QED) is 0.159. The van der Waals surface area contributed by atoms with Crippen LogP contribution < -0.4 is 25.5 Å². The van der Waals surface area contributed by atoms with Gasteiger partial charge in [0.05, 0.1) is 27.5 Å². The van der Waals surface area contributed by atoms with Crippen LogP contribution in [0.25, 0.3) is 50.0 Å². The summed E-state index contributed by atoms with van der Waals surface area (Å²) in [5.41, 5.74) is 5.70. The van der Waals surface area contributed by atoms with Crippen molar-refractivity contribution >= 4 is 61.7 Å². The minimum atomic E-state index is -3.31. The summed E-state index contributed by atoms with van der Waals surface area (Å²) in [5, 5.41) is 6.27. The van der Waals surface area contributed by atoms with Gasteiger partial charge in [0.1, 0.15) is 23.1 Å². The van der Waals surface area contributed by atoms with Crippen molar-refractivity contribution in [2.24, 2.45) is 7.05 Å². The maximum Gasteiger partial charge on any atom is 0.188 e. The molecule has 1 aliphatic heterocycles. The molecule has 0 aliphatic carbocycles. The molecular weight excluding hydrogens is 720 g/mol. The fraction of sp³-hybridized carbons (Fsp3) is 0.0400. The van der Waals surface area contributed by atoms with Crippen molar-refractivity contribution in [2.45, 2.75) is 6.17 Å². The molecule has 0 saturated heterocycles. The van der Waals surface area contributed by atoms with Crippen LogP contribution in [0.4, 0.5) is 4.39 Å². The average molecular weight is 755 g/mol. The molecule has 7 aromatic carbocycles. The van der Waals surface area contributed by atoms with Crippen LogP contribution in [0.3, 0.4) is 0 Å². The number of benzene rings is 7. The summed E-state index contributed by atoms with van der Waals surface area (Å²) in [6, 6.07) is 62.0. The van der Waals surface area contributed by atoms with Gasteiger partial charge in [-0.2, -0.15) is 0 Å². The van der Waals surface area contributed by atoms with Gasteiger partial charge in [-0.25, -0.2) is 14.4 Å². The largest absolute Gasteiger partial charge is 0.457 e. The van der Waals surface area contributed by atoms with E-state index in [1.54, 1.807) is 6.20 Å². The number of alkyl halides is 1. The number of halogens is 1. The number of hydrogen-bond donors (Lipinski definition) is 0. The van der Waals surface area contributed by atoms with Crippen LogP contribution in [0.15, 0.2) is 188 Å². The number of nitrogens with zero attached hydrogens (tertiary/aromatic N) is 4. The van der Waals surface area contributed by atoms with Crippen LogP contribution in [0, 0.1) is 0 Å². The standard InChI is InChI=1S/C50H35FN4OSi/c1-54-41-26-11-9-24-39(41)53-50(54)34-18-16-17-33(31-34)47(51)38-32-42-46(37-23-8-10-25-40(37)55(42)45-29-14-15-30-52-45)48-49(38)57(35-19-4-2-5-20-35,36-21-6-3-7-22-36)44-28-13-12-27-43(44)56-48/h2-32,47H,1H3. The molecule has 10 aromatic rings. The highest BCUT2D eigenvalue weighted by molar-refractivity contribution is 7.21. The minimum Gasteiger partial charge on any atom is -0.457 e. The molecule has 0 spiro atoms. The summed E-state index contributed by atoms with van der Waals surface area (Å²) in [4.78, 5) is 9.81. The number of fused-ring (bicyclic) bond motifs is 7. The zero-order valence-corrected chi connectivity index (χ0v) is 32.1. The van der Waals surface area contributed by atoms with Crippen molar-refractivity contribution in [1.82, 2.24) is 19.1 Å². The van der Waals surface area contributed by atoms with Crippen molar-refractivity contribution in [3.8, 4) is 28.7 Å². The van der Waals surface area contributed by atoms with E-state index in [4.69, 9.17) is 14.7 Å². The first-order valence-electron chi connectivity index (χ1n) is 19.2. The first-order valence-corrected chi connectivity index (χ1v) is 21.2. The number of para-hydroxylation sites is 4. The van der Waals surface area contributed by atoms with Gasteiger partial charge in [-0.3, -0.25) is 4.57 Å². The highest BCUT2D eigenvalue weighted by Gasteiger charge is 2.51. The van der Waals surface area contributed by atoms with Crippen LogP contribution in [0.5, 0.6) is 11.5 Å². The Morgan fingerprint density at radius 3 is 2.07 bits per heavy atom. The van der Waals surface area contributed by atoms with Crippen LogP contribution in [0.2, 0.25) is 0 Å². The summed E-state index contributed by atoms with van der Waals surface area (Å²) in [7, 11) is -1.29. The minimum absolute atomic E-state index is 0.546. The summed E-state index contributed by atoms with van der Waals surface area (Å²) < 4.78 is 30.1. The molecule has 1 atom stereocenters. The maximum absolute atomic E-state index is 18.6. The SMILES string of the molecule is Cn1c(-c2cccc(C(F)c3cc4c(c5c3[Si](c3ccccc3)(c3ccccc3)c3ccccc3O5)c3ccccc3n4-c3ccccn3)c2)nc2ccccc21. The highest BCUT2D eigenvalue weighted by Crippen LogP contribution is 2.45. The van der Waals surface area contributed by atoms with Gasteiger partial charge in [0, 0.05) is 29.4 Å². The Labute approximate surface area is 329 Å². The van der Waals surface area contributed by atoms with Crippen molar-refractivity contribution in [3.05, 3.63) is 199 Å². The summed E-state index contributed by atoms with van der Waals surface area (Å²) in [5.74, 6) is 3.02. The number of rotatable bonds is 6. The summed E-state index contributed by atoms with van der Waals surface area (Å²) in [6.45, 7) is 0. The molecule has 4 heterocycles. The Hall–Kier alpha value is -7.09. The molecule has 3 aromatic heterocycles. The van der Waals surface area contributed by atoms with Crippen molar-refractivity contribution in [3.63, 3.8) is 0 Å². The van der Waals surface area contributed by atoms with Gasteiger partial charge in [0.2, 0.25) is 0 Å². The number of ether oxygens (including phenoxy) is 1. The number of pyridine rings is 1. The van der Waals surface area contributed by atoms with E-state index in [1.165, 1.54) is 0 Å². The van der Waals surface area contributed by atoms with Gasteiger partial charge in [0.15, 0.2) is 14.2 Å². The molecule has 272 valence electrons. The van der Waals surface area contributed by atoms with Crippen LogP contribution in [-0.2, 0) is 7.05 Å². The second-order valence-electron chi connectivity index (χ2n) is 14.7. The topological polar surface area (TPSA) is 44.9 Å². The third-order valence-corrected chi connectivity index (χ3v) is 16.5. The van der Waals surface area contributed by atoms with E-state index in [0.717, 1.165) is 76.5 Å². The average Bonchev–Trinajstić information content (AvgIpc) is 3.80. The molecule has 57 heavy (non-hydrogen) atoms. The van der Waals surface area contributed by atoms with Gasteiger partial charge in [-0.1, -0.05) is 133 Å². The van der Waals surface area contributed by atoms with Crippen molar-refractivity contribution in [1.29, 1.82) is 0 Å². The maximum atomic E-state index is 18.6. The van der Waals surface area contributed by atoms with E-state index in [9.17, 15) is 0 Å². The molecule has 1 unspecified atom stereocenters. The van der Waals surface area contributed by atoms with Gasteiger partial charge < -0.3 is 9.30 Å². The smallest absolute Gasteiger partial charge is 0.188 e. The van der Waals surface area contributed by atoms with Crippen LogP contribution >= 0.6 is 0 Å². The lowest BCUT2D eigenvalue weighted by Crippen LogP contribution is -2.76. The van der Waals surface area contributed by atoms with E-state index in [2.05, 4.69) is 118 Å². The van der Waals surface area contributed by atoms with Gasteiger partial charge in [-0.15, -0.1) is 0 Å². The van der Waals surface area contributed by atoms with Gasteiger partial charge in [-0.05, 0) is 75.2 Å². The fourth-order valence-electron chi connectivity index (χ4n) is 9.20. The van der Waals surface area contributed by atoms with Crippen LogP contribution in [-0.4, -0.2) is 27.2 Å². The molecule has 0 N–H and O–H groups in total. The number of imidazole rings is 1. The molecule has 5 nitrogen and oxygen atoms in total. The normalized spacial score (nSPS) is 13.6. The van der Waals surface area contributed by atoms with E-state index in [-0.39, 0.29) is 0 Å². The second-order valence-corrected chi connectivity index (χ2v) is 18.3. The summed E-state index contributed by atoms with van der Waals surface area (Å²) in [6.07, 6.45) is 0.274. The Kier molecular flexibility index (Phi) is 7.59. The summed E-state index contributed by atoms with van der Waals surface area (Å²) >= 11 is 0. The Morgan fingerprint density at radius 1 is 0.632 bits per heavy atom. The first kappa shape index (κ1) is 33.3. The highest BCUT2D eigenvalue weighted by atomic mass is 28.3. The fourth-order valence-corrected chi connectivity index (χ4v) is 14.4. The molecule has 0 fully saturated rings. The second kappa shape index (κ2) is 13.0. The zero-order valence-electron chi connectivity index (χ0n) is 31.1. The van der Waals surface area contributed by atoms with E-state index >= 15 is 4.39 Å². The third-order valence-electron chi connectivity index (χ3n) is 11.6. The molecule has 0 amide bonds. The number of aryl methyl sites for hydroxylation is 1. The molecule has 11 rings (SSSR count). The molecule has 7 heteroatoms. The lowest BCUT2D eigenvalue weighted by Gasteiger charge is -2.41. The first-order chi connectivity index (χ1) is 28.1. The zero-order chi connectivity index (χ0) is 38.1. The van der Waals surface area contributed by atoms with E-state index < -0.39 is 14.2 Å². The molecule has 1 aliphatic rings. The predicted molar refractivity (Wildman–Crippen MR) is 231 cm³/mol. The van der Waals surface area contributed by atoms with E-state index in [1.807, 2.05) is 79.8 Å². The van der Waals surface area contributed by atoms with Gasteiger partial charge in [0.25, 0.3) is 0 Å². The molecule has 0 bridgehead atoms. The Morgan fingerprint density at radius 2 is 1.32 bits per heavy atom. The predicted octanol–water partition coefficient (Wildman–Crippen LogP) is 9.27. The van der Waals surface area contributed by atoms with Crippen molar-refractivity contribution in [2.75, 3.05) is 0 Å². The lowest BCUT2D eigenvalue weighted by atomic mass is 9.98. The van der Waals surface area contributed by atoms with Crippen LogP contribution in [0.1, 0.15) is 17.3 Å². The third kappa shape index (κ3) is 4.92. The van der Waals surface area contributed by atoms with Gasteiger partial charge >= 0.3 is 0 Å². The van der Waals surface area contributed by atoms with Crippen molar-refractivity contribution < 1.29 is 9.13 Å². The number of hydrogen-bond acceptors (Lipinski definition) is 3. The monoisotopic (exact) mass is 754 g/mol. The molecule has 0 radical (unpaired) electrons.